The molecule has 1 saturated carbocycles. The largest absolute Gasteiger partial charge is 0.497 e. The minimum absolute atomic E-state index is 0.0186. The lowest BCUT2D eigenvalue weighted by molar-refractivity contribution is -0.150. The number of nitrogens with one attached hydrogen (secondary N) is 1. The summed E-state index contributed by atoms with van der Waals surface area (Å²) in [5.41, 5.74) is 1.08. The van der Waals surface area contributed by atoms with E-state index in [4.69, 9.17) is 24.2 Å². The molecule has 1 saturated heterocycles. The molecule has 2 bridgehead atoms. The fraction of sp³-hybridized carbons (Fsp3) is 0.552. The predicted octanol–water partition coefficient (Wildman–Crippen LogP) is 3.80. The van der Waals surface area contributed by atoms with E-state index in [-0.39, 0.29) is 30.9 Å². The molecule has 2 N–H and O–H groups in total. The van der Waals surface area contributed by atoms with Crippen molar-refractivity contribution in [2.75, 3.05) is 13.7 Å². The van der Waals surface area contributed by atoms with Crippen molar-refractivity contribution in [3.63, 3.8) is 0 Å². The van der Waals surface area contributed by atoms with Gasteiger partial charge in [-0.05, 0) is 55.2 Å². The Balaban J connectivity index is 1.50. The first-order chi connectivity index (χ1) is 19.0. The van der Waals surface area contributed by atoms with E-state index in [9.17, 15) is 19.5 Å². The molecule has 2 amide bonds. The lowest BCUT2D eigenvalue weighted by Gasteiger charge is -2.34. The molecule has 5 rings (SSSR count). The van der Waals surface area contributed by atoms with Crippen molar-refractivity contribution in [3.8, 4) is 11.6 Å². The molecule has 1 aliphatic carbocycles. The van der Waals surface area contributed by atoms with Crippen molar-refractivity contribution in [2.24, 2.45) is 11.3 Å². The minimum atomic E-state index is -1.14. The van der Waals surface area contributed by atoms with Gasteiger partial charge < -0.3 is 29.5 Å². The third-order valence-electron chi connectivity index (χ3n) is 7.69. The SMILES string of the molecule is COc1ccc2nc3c(nc2c1)O[C@@H]1C[C@@H](C(=O)O)N(C1)C(=O)[C@H](C(C)(C)C)NC(=O)O[C@@H]1C[C@H]1CCCC=C3. The van der Waals surface area contributed by atoms with Gasteiger partial charge in [0.15, 0.2) is 0 Å². The highest BCUT2D eigenvalue weighted by Gasteiger charge is 2.47. The van der Waals surface area contributed by atoms with Crippen LogP contribution in [0.4, 0.5) is 4.79 Å². The van der Waals surface area contributed by atoms with Crippen LogP contribution in [-0.4, -0.2) is 75.9 Å². The van der Waals surface area contributed by atoms with Crippen LogP contribution in [0.15, 0.2) is 24.3 Å². The number of methoxy groups -OCH3 is 1. The number of amides is 2. The van der Waals surface area contributed by atoms with Crippen LogP contribution < -0.4 is 14.8 Å². The Morgan fingerprint density at radius 2 is 1.95 bits per heavy atom. The van der Waals surface area contributed by atoms with Crippen molar-refractivity contribution in [2.45, 2.75) is 77.2 Å². The number of rotatable bonds is 2. The Morgan fingerprint density at radius 1 is 1.15 bits per heavy atom. The fourth-order valence-corrected chi connectivity index (χ4v) is 5.34. The smallest absolute Gasteiger partial charge is 0.408 e. The number of nitrogens with zero attached hydrogens (tertiary/aromatic N) is 3. The number of benzene rings is 1. The molecule has 11 nitrogen and oxygen atoms in total. The fourth-order valence-electron chi connectivity index (χ4n) is 5.34. The molecule has 5 atom stereocenters. The number of hydrogen-bond donors (Lipinski definition) is 2. The highest BCUT2D eigenvalue weighted by molar-refractivity contribution is 5.90. The molecular weight excluding hydrogens is 516 g/mol. The summed E-state index contributed by atoms with van der Waals surface area (Å²) in [5, 5.41) is 12.7. The zero-order valence-corrected chi connectivity index (χ0v) is 23.3. The first-order valence-corrected chi connectivity index (χ1v) is 13.7. The second-order valence-corrected chi connectivity index (χ2v) is 11.8. The van der Waals surface area contributed by atoms with Gasteiger partial charge in [0.05, 0.1) is 24.7 Å². The molecule has 3 aliphatic rings. The molecule has 40 heavy (non-hydrogen) atoms. The highest BCUT2D eigenvalue weighted by atomic mass is 16.6. The van der Waals surface area contributed by atoms with Gasteiger partial charge in [0.2, 0.25) is 11.8 Å². The molecule has 11 heteroatoms. The monoisotopic (exact) mass is 552 g/mol. The number of alkyl carbamates (subject to hydrolysis) is 1. The molecular formula is C29H36N4O7. The standard InChI is InChI=1S/C29H36N4O7/c1-29(2,3)24-26(34)33-15-18(14-22(33)27(35)36)39-25-20(30-19-11-10-17(38-4)13-21(19)31-25)9-7-5-6-8-16-12-23(16)40-28(37)32-24/h7,9-11,13,16,18,22-24H,5-6,8,12,14-15H2,1-4H3,(H,32,37)(H,35,36)/t16-,18-,22+,23-,24-/m1/s1. The molecule has 2 aliphatic heterocycles. The number of fused-ring (bicyclic) bond motifs is 5. The quantitative estimate of drug-likeness (QED) is 0.569. The summed E-state index contributed by atoms with van der Waals surface area (Å²) < 4.78 is 17.2. The normalized spacial score (nSPS) is 27.4. The van der Waals surface area contributed by atoms with Crippen LogP contribution in [0.2, 0.25) is 0 Å². The van der Waals surface area contributed by atoms with Gasteiger partial charge in [-0.1, -0.05) is 26.8 Å². The van der Waals surface area contributed by atoms with Crippen LogP contribution in [0.1, 0.15) is 58.6 Å². The van der Waals surface area contributed by atoms with Gasteiger partial charge in [-0.25, -0.2) is 19.6 Å². The van der Waals surface area contributed by atoms with Crippen LogP contribution in [-0.2, 0) is 14.3 Å². The maximum atomic E-state index is 13.8. The topological polar surface area (TPSA) is 140 Å². The molecule has 0 unspecified atom stereocenters. The molecule has 2 fully saturated rings. The molecule has 2 aromatic rings. The Hall–Kier alpha value is -3.89. The summed E-state index contributed by atoms with van der Waals surface area (Å²) >= 11 is 0. The third-order valence-corrected chi connectivity index (χ3v) is 7.69. The summed E-state index contributed by atoms with van der Waals surface area (Å²) in [6.45, 7) is 5.47. The average molecular weight is 553 g/mol. The maximum absolute atomic E-state index is 13.8. The first-order valence-electron chi connectivity index (χ1n) is 13.7. The van der Waals surface area contributed by atoms with E-state index in [2.05, 4.69) is 5.32 Å². The van der Waals surface area contributed by atoms with Crippen molar-refractivity contribution >= 4 is 35.1 Å². The third kappa shape index (κ3) is 5.97. The van der Waals surface area contributed by atoms with E-state index in [1.807, 2.05) is 45.1 Å². The number of carbonyl (C=O) groups excluding carboxylic acids is 2. The van der Waals surface area contributed by atoms with Gasteiger partial charge in [0.25, 0.3) is 0 Å². The number of ether oxygens (including phenoxy) is 3. The van der Waals surface area contributed by atoms with E-state index in [1.165, 1.54) is 4.90 Å². The summed E-state index contributed by atoms with van der Waals surface area (Å²) in [6, 6.07) is 3.29. The first kappa shape index (κ1) is 27.7. The van der Waals surface area contributed by atoms with Crippen LogP contribution >= 0.6 is 0 Å². The Labute approximate surface area is 232 Å². The van der Waals surface area contributed by atoms with E-state index >= 15 is 0 Å². The zero-order valence-electron chi connectivity index (χ0n) is 23.3. The van der Waals surface area contributed by atoms with Crippen LogP contribution in [0.25, 0.3) is 17.1 Å². The van der Waals surface area contributed by atoms with Gasteiger partial charge in [-0.3, -0.25) is 4.79 Å². The maximum Gasteiger partial charge on any atom is 0.408 e. The van der Waals surface area contributed by atoms with Gasteiger partial charge in [0.1, 0.15) is 35.7 Å². The average Bonchev–Trinajstić information content (AvgIpc) is 3.48. The van der Waals surface area contributed by atoms with E-state index in [1.54, 1.807) is 13.2 Å². The predicted molar refractivity (Wildman–Crippen MR) is 146 cm³/mol. The Morgan fingerprint density at radius 3 is 2.67 bits per heavy atom. The van der Waals surface area contributed by atoms with Gasteiger partial charge >= 0.3 is 12.1 Å². The van der Waals surface area contributed by atoms with Crippen LogP contribution in [0, 0.1) is 11.3 Å². The van der Waals surface area contributed by atoms with Crippen LogP contribution in [0.5, 0.6) is 11.6 Å². The Kier molecular flexibility index (Phi) is 7.57. The molecule has 0 radical (unpaired) electrons. The Bertz CT molecular complexity index is 1340. The number of carboxylic acid groups (broad SMARTS) is 1. The minimum Gasteiger partial charge on any atom is -0.497 e. The molecule has 1 aromatic carbocycles. The molecule has 3 heterocycles. The van der Waals surface area contributed by atoms with Gasteiger partial charge in [-0.2, -0.15) is 0 Å². The van der Waals surface area contributed by atoms with E-state index < -0.39 is 41.6 Å². The van der Waals surface area contributed by atoms with E-state index in [0.29, 0.717) is 22.5 Å². The second-order valence-electron chi connectivity index (χ2n) is 11.8. The summed E-state index contributed by atoms with van der Waals surface area (Å²) in [4.78, 5) is 49.5. The number of aliphatic carboxylic acids is 1. The summed E-state index contributed by atoms with van der Waals surface area (Å²) in [6.07, 6.45) is 5.88. The lowest BCUT2D eigenvalue weighted by Crippen LogP contribution is -2.57. The lowest BCUT2D eigenvalue weighted by atomic mass is 9.85. The van der Waals surface area contributed by atoms with Gasteiger partial charge in [-0.15, -0.1) is 0 Å². The van der Waals surface area contributed by atoms with Crippen molar-refractivity contribution in [3.05, 3.63) is 30.0 Å². The van der Waals surface area contributed by atoms with E-state index in [0.717, 1.165) is 25.7 Å². The second kappa shape index (κ2) is 10.9. The molecule has 214 valence electrons. The summed E-state index contributed by atoms with van der Waals surface area (Å²) in [7, 11) is 1.57. The molecule has 0 spiro atoms. The summed E-state index contributed by atoms with van der Waals surface area (Å²) in [5.74, 6) is -0.467. The number of hydrogen-bond acceptors (Lipinski definition) is 8. The van der Waals surface area contributed by atoms with Crippen molar-refractivity contribution in [1.29, 1.82) is 0 Å². The van der Waals surface area contributed by atoms with Crippen LogP contribution in [0.3, 0.4) is 0 Å². The number of aromatic nitrogens is 2. The van der Waals surface area contributed by atoms with Gasteiger partial charge in [0, 0.05) is 12.5 Å². The highest BCUT2D eigenvalue weighted by Crippen LogP contribution is 2.38. The molecule has 1 aromatic heterocycles. The van der Waals surface area contributed by atoms with Crippen molar-refractivity contribution in [1.82, 2.24) is 20.2 Å². The zero-order chi connectivity index (χ0) is 28.6. The number of allylic oxidation sites excluding steroid dienone is 1. The van der Waals surface area contributed by atoms with Crippen molar-refractivity contribution < 1.29 is 33.7 Å². The number of carbonyl (C=O) groups is 3. The number of carboxylic acids is 1.